The molecule has 2 fully saturated rings. The average Bonchev–Trinajstić information content (AvgIpc) is 3.16. The standard InChI is InChI=1S/C25H39N2O3P.C7H8O3.C2H6/c1-4-22(5-2)12-9-11-21(3)20-31(30-24-13-7-6-8-14-24)27-19-25(28)29-23-15-10-17-26-18-16-23;1-4-3-10-7(9)6(4)5(2)8;1-2/h6-8,11-14,23,26-27H,4-5,9-10,15-20H2,1-3H3;8H,1,3H2,2H3;1-2H3/b21-11+;6-5-;. The highest BCUT2D eigenvalue weighted by Gasteiger charge is 2.25. The Morgan fingerprint density at radius 3 is 2.42 bits per heavy atom. The zero-order valence-electron chi connectivity index (χ0n) is 27.0. The number of ether oxygens (including phenoxy) is 2. The van der Waals surface area contributed by atoms with E-state index in [-0.39, 0.29) is 36.6 Å². The molecule has 43 heavy (non-hydrogen) atoms. The van der Waals surface area contributed by atoms with Crippen LogP contribution in [0, 0.1) is 0 Å². The molecule has 0 aromatic heterocycles. The monoisotopic (exact) mass is 616 g/mol. The van der Waals surface area contributed by atoms with E-state index >= 15 is 0 Å². The van der Waals surface area contributed by atoms with E-state index in [1.165, 1.54) is 18.1 Å². The molecule has 240 valence electrons. The lowest BCUT2D eigenvalue weighted by Crippen LogP contribution is -2.28. The number of nitrogens with one attached hydrogen (secondary N) is 2. The van der Waals surface area contributed by atoms with Crippen molar-refractivity contribution < 1.29 is 28.7 Å². The van der Waals surface area contributed by atoms with Crippen molar-refractivity contribution in [3.8, 4) is 5.75 Å². The van der Waals surface area contributed by atoms with Gasteiger partial charge in [0.25, 0.3) is 0 Å². The smallest absolute Gasteiger partial charge is 0.342 e. The molecule has 3 N–H and O–H groups in total. The minimum Gasteiger partial charge on any atom is -0.512 e. The number of carbonyl (C=O) groups excluding carboxylic acids is 2. The molecule has 2 unspecified atom stereocenters. The molecule has 1 aromatic carbocycles. The number of allylic oxidation sites excluding steroid dienone is 5. The van der Waals surface area contributed by atoms with E-state index in [1.807, 2.05) is 44.2 Å². The van der Waals surface area contributed by atoms with Crippen molar-refractivity contribution in [2.24, 2.45) is 0 Å². The van der Waals surface area contributed by atoms with Crippen molar-refractivity contribution in [1.29, 1.82) is 0 Å². The highest BCUT2D eigenvalue weighted by Crippen LogP contribution is 2.36. The first kappa shape index (κ1) is 38.1. The van der Waals surface area contributed by atoms with Gasteiger partial charge in [0.2, 0.25) is 0 Å². The van der Waals surface area contributed by atoms with Gasteiger partial charge in [0.05, 0.1) is 0 Å². The summed E-state index contributed by atoms with van der Waals surface area (Å²) < 4.78 is 16.5. The zero-order chi connectivity index (χ0) is 32.0. The molecule has 2 aliphatic heterocycles. The number of aliphatic hydroxyl groups excluding tert-OH is 1. The van der Waals surface area contributed by atoms with Crippen molar-refractivity contribution in [3.63, 3.8) is 0 Å². The first-order valence-electron chi connectivity index (χ1n) is 15.5. The second-order valence-corrected chi connectivity index (χ2v) is 11.6. The minimum absolute atomic E-state index is 0.0188. The molecule has 8 nitrogen and oxygen atoms in total. The molecule has 2 atom stereocenters. The Balaban J connectivity index is 0.000000644. The van der Waals surface area contributed by atoms with Crippen LogP contribution in [0.2, 0.25) is 0 Å². The van der Waals surface area contributed by atoms with Gasteiger partial charge in [-0.2, -0.15) is 0 Å². The second-order valence-electron chi connectivity index (χ2n) is 10.1. The molecule has 1 aromatic rings. The maximum atomic E-state index is 12.4. The fourth-order valence-corrected chi connectivity index (χ4v) is 5.82. The van der Waals surface area contributed by atoms with E-state index in [0.29, 0.717) is 5.57 Å². The molecule has 3 rings (SSSR count). The first-order chi connectivity index (χ1) is 20.7. The van der Waals surface area contributed by atoms with Crippen molar-refractivity contribution in [3.05, 3.63) is 77.1 Å². The quantitative estimate of drug-likeness (QED) is 0.0722. The fourth-order valence-electron chi connectivity index (χ4n) is 4.32. The van der Waals surface area contributed by atoms with Crippen LogP contribution < -0.4 is 14.9 Å². The number of carbonyl (C=O) groups is 2. The van der Waals surface area contributed by atoms with Gasteiger partial charge < -0.3 is 24.4 Å². The summed E-state index contributed by atoms with van der Waals surface area (Å²) in [5, 5.41) is 15.6. The summed E-state index contributed by atoms with van der Waals surface area (Å²) in [7, 11) is -1.03. The molecule has 2 aliphatic rings. The van der Waals surface area contributed by atoms with Crippen LogP contribution in [0.4, 0.5) is 0 Å². The van der Waals surface area contributed by atoms with Crippen molar-refractivity contribution in [2.45, 2.75) is 86.2 Å². The molecule has 0 amide bonds. The maximum Gasteiger partial charge on any atom is 0.342 e. The lowest BCUT2D eigenvalue weighted by molar-refractivity contribution is -0.148. The van der Waals surface area contributed by atoms with Crippen LogP contribution in [0.15, 0.2) is 77.1 Å². The SMILES string of the molecule is C=C1COC(=O)/C1=C(/C)O.CC.CCC(=CC/C=C(\C)CP(NCC(=O)OC1CCCNCC1)Oc1ccccc1)CC. The first-order valence-corrected chi connectivity index (χ1v) is 16.9. The molecule has 2 saturated heterocycles. The molecular formula is C34H53N2O6P. The minimum atomic E-state index is -1.03. The Labute approximate surface area is 260 Å². The normalized spacial score (nSPS) is 18.5. The van der Waals surface area contributed by atoms with Gasteiger partial charge in [0, 0.05) is 11.7 Å². The van der Waals surface area contributed by atoms with Crippen molar-refractivity contribution in [1.82, 2.24) is 10.4 Å². The van der Waals surface area contributed by atoms with Gasteiger partial charge in [-0.05, 0) is 77.6 Å². The van der Waals surface area contributed by atoms with Gasteiger partial charge in [-0.15, -0.1) is 0 Å². The summed E-state index contributed by atoms with van der Waals surface area (Å²) in [4.78, 5) is 23.1. The van der Waals surface area contributed by atoms with Crippen LogP contribution in [0.3, 0.4) is 0 Å². The number of hydrogen-bond donors (Lipinski definition) is 3. The van der Waals surface area contributed by atoms with Crippen LogP contribution in [0.1, 0.15) is 80.1 Å². The summed E-state index contributed by atoms with van der Waals surface area (Å²) in [5.41, 5.74) is 3.52. The van der Waals surface area contributed by atoms with Gasteiger partial charge in [-0.25, -0.2) is 4.79 Å². The zero-order valence-corrected chi connectivity index (χ0v) is 27.9. The molecular weight excluding hydrogens is 563 g/mol. The third kappa shape index (κ3) is 15.9. The summed E-state index contributed by atoms with van der Waals surface area (Å²) in [6.07, 6.45) is 11.4. The fraction of sp³-hybridized carbons (Fsp3) is 0.529. The van der Waals surface area contributed by atoms with E-state index in [2.05, 4.69) is 54.6 Å². The van der Waals surface area contributed by atoms with E-state index in [0.717, 1.165) is 63.5 Å². The number of benzene rings is 1. The summed E-state index contributed by atoms with van der Waals surface area (Å²) in [5.74, 6) is 0.116. The van der Waals surface area contributed by atoms with Gasteiger partial charge in [-0.1, -0.05) is 75.8 Å². The third-order valence-corrected chi connectivity index (χ3v) is 8.38. The predicted octanol–water partition coefficient (Wildman–Crippen LogP) is 7.69. The van der Waals surface area contributed by atoms with E-state index < -0.39 is 14.3 Å². The number of esters is 2. The van der Waals surface area contributed by atoms with Crippen molar-refractivity contribution in [2.75, 3.05) is 32.4 Å². The number of rotatable bonds is 12. The average molecular weight is 617 g/mol. The highest BCUT2D eigenvalue weighted by atomic mass is 31.2. The Hall–Kier alpha value is -2.93. The van der Waals surface area contributed by atoms with Gasteiger partial charge in [0.1, 0.15) is 36.3 Å². The molecule has 0 bridgehead atoms. The Kier molecular flexibility index (Phi) is 20.0. The second kappa shape index (κ2) is 22.6. The van der Waals surface area contributed by atoms with Gasteiger partial charge in [0.15, 0.2) is 8.30 Å². The number of aliphatic hydroxyl groups is 1. The molecule has 0 spiro atoms. The number of para-hydroxylation sites is 1. The number of cyclic esters (lactones) is 1. The Bertz CT molecular complexity index is 1050. The summed E-state index contributed by atoms with van der Waals surface area (Å²) >= 11 is 0. The molecule has 0 saturated carbocycles. The van der Waals surface area contributed by atoms with E-state index in [4.69, 9.17) is 14.4 Å². The van der Waals surface area contributed by atoms with Crippen LogP contribution in [-0.4, -0.2) is 55.6 Å². The van der Waals surface area contributed by atoms with Crippen LogP contribution >= 0.6 is 8.30 Å². The van der Waals surface area contributed by atoms with Crippen molar-refractivity contribution >= 4 is 20.2 Å². The number of hydrogen-bond acceptors (Lipinski definition) is 8. The maximum absolute atomic E-state index is 12.4. The Morgan fingerprint density at radius 1 is 1.14 bits per heavy atom. The van der Waals surface area contributed by atoms with E-state index in [1.54, 1.807) is 0 Å². The third-order valence-electron chi connectivity index (χ3n) is 6.65. The largest absolute Gasteiger partial charge is 0.512 e. The molecule has 2 heterocycles. The topological polar surface area (TPSA) is 106 Å². The van der Waals surface area contributed by atoms with E-state index in [9.17, 15) is 9.59 Å². The highest BCUT2D eigenvalue weighted by molar-refractivity contribution is 7.51. The summed E-state index contributed by atoms with van der Waals surface area (Å²) in [6, 6.07) is 9.79. The van der Waals surface area contributed by atoms with Crippen LogP contribution in [-0.2, 0) is 19.1 Å². The molecule has 0 aliphatic carbocycles. The van der Waals surface area contributed by atoms with Gasteiger partial charge in [-0.3, -0.25) is 9.88 Å². The molecule has 9 heteroatoms. The predicted molar refractivity (Wildman–Crippen MR) is 177 cm³/mol. The lowest BCUT2D eigenvalue weighted by Gasteiger charge is -2.21. The molecule has 0 radical (unpaired) electrons. The Morgan fingerprint density at radius 2 is 1.84 bits per heavy atom. The lowest BCUT2D eigenvalue weighted by atomic mass is 10.1. The van der Waals surface area contributed by atoms with Crippen LogP contribution in [0.5, 0.6) is 5.75 Å². The van der Waals surface area contributed by atoms with Crippen LogP contribution in [0.25, 0.3) is 0 Å². The summed E-state index contributed by atoms with van der Waals surface area (Å²) in [6.45, 7) is 17.8. The van der Waals surface area contributed by atoms with Gasteiger partial charge >= 0.3 is 11.9 Å².